The van der Waals surface area contributed by atoms with Crippen LogP contribution in [0.1, 0.15) is 15.9 Å². The summed E-state index contributed by atoms with van der Waals surface area (Å²) in [6.07, 6.45) is 1.09. The van der Waals surface area contributed by atoms with E-state index in [9.17, 15) is 19.4 Å². The summed E-state index contributed by atoms with van der Waals surface area (Å²) in [7, 11) is 0. The molecule has 0 aliphatic heterocycles. The van der Waals surface area contributed by atoms with Crippen LogP contribution >= 0.6 is 0 Å². The van der Waals surface area contributed by atoms with Crippen LogP contribution in [0.5, 0.6) is 17.2 Å². The Morgan fingerprint density at radius 3 is 2.38 bits per heavy atom. The summed E-state index contributed by atoms with van der Waals surface area (Å²) < 4.78 is 12.7. The first kappa shape index (κ1) is 14.3. The summed E-state index contributed by atoms with van der Waals surface area (Å²) in [5.74, 6) is -2.73. The van der Waals surface area contributed by atoms with Gasteiger partial charge in [0.15, 0.2) is 11.5 Å². The molecule has 0 saturated carbocycles. The minimum atomic E-state index is -0.677. The lowest BCUT2D eigenvalue weighted by Crippen LogP contribution is -2.17. The van der Waals surface area contributed by atoms with Gasteiger partial charge < -0.3 is 15.3 Å². The second kappa shape index (κ2) is 5.91. The van der Waals surface area contributed by atoms with Crippen molar-refractivity contribution in [1.29, 1.82) is 0 Å². The Labute approximate surface area is 118 Å². The first-order valence-electron chi connectivity index (χ1n) is 5.82. The zero-order valence-electron chi connectivity index (χ0n) is 10.6. The van der Waals surface area contributed by atoms with E-state index in [1.807, 2.05) is 0 Å². The van der Waals surface area contributed by atoms with Crippen molar-refractivity contribution >= 4 is 12.1 Å². The average molecular weight is 290 g/mol. The van der Waals surface area contributed by atoms with E-state index in [-0.39, 0.29) is 11.1 Å². The number of aromatic hydroxyl groups is 3. The molecule has 2 aromatic rings. The molecule has 108 valence electrons. The summed E-state index contributed by atoms with van der Waals surface area (Å²) in [5, 5.41) is 31.6. The fraction of sp³-hybridized carbons (Fsp3) is 0. The van der Waals surface area contributed by atoms with E-state index in [2.05, 4.69) is 10.5 Å². The van der Waals surface area contributed by atoms with Crippen molar-refractivity contribution in [2.45, 2.75) is 0 Å². The SMILES string of the molecule is O=C(N/N=C/c1ccc(O)c(O)c1O)c1ccc(F)cc1. The van der Waals surface area contributed by atoms with Gasteiger partial charge in [-0.2, -0.15) is 5.10 Å². The second-order valence-electron chi connectivity index (χ2n) is 4.08. The van der Waals surface area contributed by atoms with Crippen LogP contribution in [-0.4, -0.2) is 27.4 Å². The number of nitrogens with one attached hydrogen (secondary N) is 1. The van der Waals surface area contributed by atoms with E-state index < -0.39 is 29.0 Å². The molecule has 21 heavy (non-hydrogen) atoms. The zero-order chi connectivity index (χ0) is 15.4. The number of amides is 1. The van der Waals surface area contributed by atoms with Crippen molar-refractivity contribution in [2.24, 2.45) is 5.10 Å². The highest BCUT2D eigenvalue weighted by Gasteiger charge is 2.09. The van der Waals surface area contributed by atoms with Crippen LogP contribution in [0.2, 0.25) is 0 Å². The number of benzene rings is 2. The number of halogens is 1. The Morgan fingerprint density at radius 2 is 1.71 bits per heavy atom. The first-order valence-corrected chi connectivity index (χ1v) is 5.82. The third kappa shape index (κ3) is 3.27. The topological polar surface area (TPSA) is 102 Å². The van der Waals surface area contributed by atoms with Crippen LogP contribution in [0.15, 0.2) is 41.5 Å². The molecular weight excluding hydrogens is 279 g/mol. The van der Waals surface area contributed by atoms with Crippen molar-refractivity contribution in [2.75, 3.05) is 0 Å². The Bertz CT molecular complexity index is 699. The predicted molar refractivity (Wildman–Crippen MR) is 72.9 cm³/mol. The van der Waals surface area contributed by atoms with Gasteiger partial charge >= 0.3 is 0 Å². The minimum absolute atomic E-state index is 0.102. The molecule has 0 spiro atoms. The van der Waals surface area contributed by atoms with Gasteiger partial charge in [0, 0.05) is 11.1 Å². The van der Waals surface area contributed by atoms with E-state index in [0.717, 1.165) is 24.4 Å². The normalized spacial score (nSPS) is 10.7. The largest absolute Gasteiger partial charge is 0.504 e. The molecule has 2 aromatic carbocycles. The first-order chi connectivity index (χ1) is 9.99. The summed E-state index contributed by atoms with van der Waals surface area (Å²) in [4.78, 5) is 11.7. The van der Waals surface area contributed by atoms with Crippen LogP contribution in [0.25, 0.3) is 0 Å². The van der Waals surface area contributed by atoms with Gasteiger partial charge in [0.2, 0.25) is 5.75 Å². The van der Waals surface area contributed by atoms with Crippen LogP contribution < -0.4 is 5.43 Å². The number of hydrazone groups is 1. The molecular formula is C14H11FN2O4. The lowest BCUT2D eigenvalue weighted by molar-refractivity contribution is 0.0955. The molecule has 0 heterocycles. The number of carbonyl (C=O) groups excluding carboxylic acids is 1. The summed E-state index contributed by atoms with van der Waals surface area (Å²) in [6, 6.07) is 7.34. The van der Waals surface area contributed by atoms with Gasteiger partial charge in [-0.15, -0.1) is 0 Å². The molecule has 0 unspecified atom stereocenters. The van der Waals surface area contributed by atoms with Crippen LogP contribution in [-0.2, 0) is 0 Å². The van der Waals surface area contributed by atoms with Crippen molar-refractivity contribution in [3.63, 3.8) is 0 Å². The molecule has 4 N–H and O–H groups in total. The zero-order valence-corrected chi connectivity index (χ0v) is 10.6. The van der Waals surface area contributed by atoms with Gasteiger partial charge in [-0.05, 0) is 36.4 Å². The van der Waals surface area contributed by atoms with E-state index in [1.165, 1.54) is 18.2 Å². The summed E-state index contributed by atoms with van der Waals surface area (Å²) in [6.45, 7) is 0. The fourth-order valence-electron chi connectivity index (χ4n) is 1.52. The highest BCUT2D eigenvalue weighted by molar-refractivity contribution is 5.95. The molecule has 2 rings (SSSR count). The molecule has 0 saturated heterocycles. The molecule has 6 nitrogen and oxygen atoms in total. The molecule has 7 heteroatoms. The molecule has 0 atom stereocenters. The Morgan fingerprint density at radius 1 is 1.05 bits per heavy atom. The van der Waals surface area contributed by atoms with Crippen LogP contribution in [0, 0.1) is 5.82 Å². The highest BCUT2D eigenvalue weighted by Crippen LogP contribution is 2.36. The number of rotatable bonds is 3. The number of phenolic OH excluding ortho intramolecular Hbond substituents is 3. The molecule has 0 radical (unpaired) electrons. The van der Waals surface area contributed by atoms with E-state index in [0.29, 0.717) is 0 Å². The second-order valence-corrected chi connectivity index (χ2v) is 4.08. The standard InChI is InChI=1S/C14H11FN2O4/c15-10-4-1-8(2-5-10)14(21)17-16-7-9-3-6-11(18)13(20)12(9)19/h1-7,18-20H,(H,17,21)/b16-7+. The molecule has 0 aromatic heterocycles. The van der Waals surface area contributed by atoms with Crippen molar-refractivity contribution < 1.29 is 24.5 Å². The molecule has 0 aliphatic rings. The number of hydrogen-bond donors (Lipinski definition) is 4. The van der Waals surface area contributed by atoms with Crippen LogP contribution in [0.3, 0.4) is 0 Å². The average Bonchev–Trinajstić information content (AvgIpc) is 2.48. The maximum absolute atomic E-state index is 12.7. The third-order valence-corrected chi connectivity index (χ3v) is 2.64. The van der Waals surface area contributed by atoms with Gasteiger partial charge in [-0.25, -0.2) is 9.82 Å². The van der Waals surface area contributed by atoms with Crippen molar-refractivity contribution in [3.05, 3.63) is 53.3 Å². The van der Waals surface area contributed by atoms with Crippen molar-refractivity contribution in [1.82, 2.24) is 5.43 Å². The lowest BCUT2D eigenvalue weighted by Gasteiger charge is -2.03. The monoisotopic (exact) mass is 290 g/mol. The maximum atomic E-state index is 12.7. The van der Waals surface area contributed by atoms with Gasteiger partial charge in [0.25, 0.3) is 5.91 Å². The number of carbonyl (C=O) groups is 1. The highest BCUT2D eigenvalue weighted by atomic mass is 19.1. The van der Waals surface area contributed by atoms with Gasteiger partial charge in [-0.1, -0.05) is 0 Å². The molecule has 0 fully saturated rings. The number of nitrogens with zero attached hydrogens (tertiary/aromatic N) is 1. The molecule has 1 amide bonds. The van der Waals surface area contributed by atoms with E-state index in [1.54, 1.807) is 0 Å². The van der Waals surface area contributed by atoms with Gasteiger partial charge in [0.1, 0.15) is 5.82 Å². The lowest BCUT2D eigenvalue weighted by atomic mass is 10.2. The number of hydrogen-bond acceptors (Lipinski definition) is 5. The Hall–Kier alpha value is -3.09. The quantitative estimate of drug-likeness (QED) is 0.392. The fourth-order valence-corrected chi connectivity index (χ4v) is 1.52. The van der Waals surface area contributed by atoms with E-state index >= 15 is 0 Å². The van der Waals surface area contributed by atoms with Crippen molar-refractivity contribution in [3.8, 4) is 17.2 Å². The molecule has 0 aliphatic carbocycles. The number of phenols is 3. The summed E-state index contributed by atoms with van der Waals surface area (Å²) in [5.41, 5.74) is 2.50. The van der Waals surface area contributed by atoms with Gasteiger partial charge in [0.05, 0.1) is 6.21 Å². The third-order valence-electron chi connectivity index (χ3n) is 2.64. The van der Waals surface area contributed by atoms with Crippen LogP contribution in [0.4, 0.5) is 4.39 Å². The minimum Gasteiger partial charge on any atom is -0.504 e. The maximum Gasteiger partial charge on any atom is 0.271 e. The Balaban J connectivity index is 2.07. The smallest absolute Gasteiger partial charge is 0.271 e. The van der Waals surface area contributed by atoms with Gasteiger partial charge in [-0.3, -0.25) is 4.79 Å². The van der Waals surface area contributed by atoms with E-state index in [4.69, 9.17) is 5.11 Å². The summed E-state index contributed by atoms with van der Waals surface area (Å²) >= 11 is 0. The molecule has 0 bridgehead atoms. The Kier molecular flexibility index (Phi) is 4.03. The predicted octanol–water partition coefficient (Wildman–Crippen LogP) is 1.71.